The molecule has 0 radical (unpaired) electrons. The van der Waals surface area contributed by atoms with Gasteiger partial charge in [0.25, 0.3) is 0 Å². The van der Waals surface area contributed by atoms with Gasteiger partial charge in [-0.05, 0) is 48.6 Å². The number of benzene rings is 1. The molecule has 12 heavy (non-hydrogen) atoms. The van der Waals surface area contributed by atoms with Crippen LogP contribution in [0.1, 0.15) is 13.8 Å². The normalized spacial score (nSPS) is 10.3. The number of phenols is 1. The molecule has 3 heteroatoms. The lowest BCUT2D eigenvalue weighted by Crippen LogP contribution is -2.06. The summed E-state index contributed by atoms with van der Waals surface area (Å²) in [6.07, 6.45) is 0.139. The van der Waals surface area contributed by atoms with Crippen LogP contribution in [-0.4, -0.2) is 11.2 Å². The van der Waals surface area contributed by atoms with Crippen LogP contribution in [0.25, 0.3) is 0 Å². The van der Waals surface area contributed by atoms with Gasteiger partial charge in [0.1, 0.15) is 11.5 Å². The molecule has 1 aromatic rings. The topological polar surface area (TPSA) is 29.5 Å². The van der Waals surface area contributed by atoms with Crippen LogP contribution < -0.4 is 4.74 Å². The van der Waals surface area contributed by atoms with Crippen LogP contribution in [0.15, 0.2) is 18.2 Å². The minimum Gasteiger partial charge on any atom is -0.508 e. The van der Waals surface area contributed by atoms with Crippen molar-refractivity contribution in [3.05, 3.63) is 21.8 Å². The molecular weight excluding hydrogens is 267 g/mol. The van der Waals surface area contributed by atoms with Gasteiger partial charge < -0.3 is 9.84 Å². The van der Waals surface area contributed by atoms with Crippen molar-refractivity contribution in [2.24, 2.45) is 0 Å². The highest BCUT2D eigenvalue weighted by atomic mass is 127. The van der Waals surface area contributed by atoms with Crippen molar-refractivity contribution >= 4 is 22.6 Å². The van der Waals surface area contributed by atoms with Crippen LogP contribution in [0.3, 0.4) is 0 Å². The second-order valence-electron chi connectivity index (χ2n) is 2.78. The number of halogens is 1. The van der Waals surface area contributed by atoms with Crippen molar-refractivity contribution in [2.45, 2.75) is 20.0 Å². The van der Waals surface area contributed by atoms with Gasteiger partial charge in [0, 0.05) is 6.07 Å². The highest BCUT2D eigenvalue weighted by Gasteiger charge is 2.03. The SMILES string of the molecule is CC(C)Oc1cc(O)ccc1I. The molecule has 0 bridgehead atoms. The summed E-state index contributed by atoms with van der Waals surface area (Å²) < 4.78 is 6.47. The Balaban J connectivity index is 2.90. The third kappa shape index (κ3) is 2.55. The van der Waals surface area contributed by atoms with E-state index in [9.17, 15) is 0 Å². The van der Waals surface area contributed by atoms with Crippen LogP contribution >= 0.6 is 22.6 Å². The molecule has 0 aliphatic carbocycles. The fraction of sp³-hybridized carbons (Fsp3) is 0.333. The van der Waals surface area contributed by atoms with Gasteiger partial charge in [0.2, 0.25) is 0 Å². The summed E-state index contributed by atoms with van der Waals surface area (Å²) in [6.45, 7) is 3.92. The Hall–Kier alpha value is -0.450. The lowest BCUT2D eigenvalue weighted by Gasteiger charge is -2.11. The molecule has 0 aliphatic rings. The first-order chi connectivity index (χ1) is 5.59. The lowest BCUT2D eigenvalue weighted by atomic mass is 10.3. The Morgan fingerprint density at radius 3 is 2.67 bits per heavy atom. The second-order valence-corrected chi connectivity index (χ2v) is 3.94. The molecule has 0 atom stereocenters. The summed E-state index contributed by atoms with van der Waals surface area (Å²) in [7, 11) is 0. The third-order valence-electron chi connectivity index (χ3n) is 1.28. The standard InChI is InChI=1S/C9H11IO2/c1-6(2)12-9-5-7(11)3-4-8(9)10/h3-6,11H,1-2H3. The van der Waals surface area contributed by atoms with E-state index in [0.717, 1.165) is 9.32 Å². The molecule has 1 N–H and O–H groups in total. The molecule has 0 unspecified atom stereocenters. The summed E-state index contributed by atoms with van der Waals surface area (Å²) in [6, 6.07) is 5.10. The quantitative estimate of drug-likeness (QED) is 0.843. The number of aromatic hydroxyl groups is 1. The first-order valence-corrected chi connectivity index (χ1v) is 4.82. The molecule has 0 heterocycles. The predicted molar refractivity (Wildman–Crippen MR) is 56.6 cm³/mol. The van der Waals surface area contributed by atoms with E-state index in [-0.39, 0.29) is 11.9 Å². The average Bonchev–Trinajstić information content (AvgIpc) is 1.96. The molecule has 0 amide bonds. The average molecular weight is 278 g/mol. The molecule has 0 spiro atoms. The highest BCUT2D eigenvalue weighted by Crippen LogP contribution is 2.26. The van der Waals surface area contributed by atoms with Crippen molar-refractivity contribution in [1.82, 2.24) is 0 Å². The summed E-state index contributed by atoms with van der Waals surface area (Å²) in [4.78, 5) is 0. The van der Waals surface area contributed by atoms with Gasteiger partial charge in [-0.3, -0.25) is 0 Å². The van der Waals surface area contributed by atoms with Crippen molar-refractivity contribution < 1.29 is 9.84 Å². The summed E-state index contributed by atoms with van der Waals surface area (Å²) in [5.41, 5.74) is 0. The van der Waals surface area contributed by atoms with E-state index < -0.39 is 0 Å². The van der Waals surface area contributed by atoms with E-state index in [0.29, 0.717) is 0 Å². The fourth-order valence-electron chi connectivity index (χ4n) is 0.836. The van der Waals surface area contributed by atoms with Crippen molar-refractivity contribution in [1.29, 1.82) is 0 Å². The Morgan fingerprint density at radius 1 is 1.42 bits per heavy atom. The maximum absolute atomic E-state index is 9.17. The minimum absolute atomic E-state index is 0.139. The van der Waals surface area contributed by atoms with Crippen molar-refractivity contribution in [3.63, 3.8) is 0 Å². The molecule has 66 valence electrons. The van der Waals surface area contributed by atoms with E-state index in [2.05, 4.69) is 22.6 Å². The maximum atomic E-state index is 9.17. The zero-order valence-corrected chi connectivity index (χ0v) is 9.20. The zero-order valence-electron chi connectivity index (χ0n) is 7.04. The van der Waals surface area contributed by atoms with Gasteiger partial charge in [-0.1, -0.05) is 0 Å². The molecule has 0 saturated carbocycles. The molecule has 0 saturated heterocycles. The Bertz CT molecular complexity index is 271. The molecule has 0 fully saturated rings. The number of rotatable bonds is 2. The van der Waals surface area contributed by atoms with Gasteiger partial charge in [-0.15, -0.1) is 0 Å². The molecule has 0 aliphatic heterocycles. The van der Waals surface area contributed by atoms with Gasteiger partial charge in [-0.25, -0.2) is 0 Å². The van der Waals surface area contributed by atoms with E-state index >= 15 is 0 Å². The number of ether oxygens (including phenoxy) is 1. The Kier molecular flexibility index (Phi) is 3.20. The fourth-order valence-corrected chi connectivity index (χ4v) is 1.30. The van der Waals surface area contributed by atoms with Gasteiger partial charge in [0.15, 0.2) is 0 Å². The molecule has 2 nitrogen and oxygen atoms in total. The minimum atomic E-state index is 0.139. The van der Waals surface area contributed by atoms with Crippen LogP contribution in [0.5, 0.6) is 11.5 Å². The molecule has 1 aromatic carbocycles. The van der Waals surface area contributed by atoms with Crippen LogP contribution in [0.2, 0.25) is 0 Å². The van der Waals surface area contributed by atoms with Crippen LogP contribution in [0, 0.1) is 3.57 Å². The van der Waals surface area contributed by atoms with Gasteiger partial charge in [0.05, 0.1) is 9.67 Å². The third-order valence-corrected chi connectivity index (χ3v) is 2.17. The number of hydrogen-bond acceptors (Lipinski definition) is 2. The van der Waals surface area contributed by atoms with Crippen molar-refractivity contribution in [3.8, 4) is 11.5 Å². The summed E-state index contributed by atoms with van der Waals surface area (Å²) >= 11 is 2.17. The van der Waals surface area contributed by atoms with Crippen LogP contribution in [0.4, 0.5) is 0 Å². The van der Waals surface area contributed by atoms with Gasteiger partial charge in [-0.2, -0.15) is 0 Å². The molecule has 0 aromatic heterocycles. The summed E-state index contributed by atoms with van der Waals surface area (Å²) in [5, 5.41) is 9.17. The largest absolute Gasteiger partial charge is 0.508 e. The maximum Gasteiger partial charge on any atom is 0.136 e. The van der Waals surface area contributed by atoms with Crippen LogP contribution in [-0.2, 0) is 0 Å². The van der Waals surface area contributed by atoms with Gasteiger partial charge >= 0.3 is 0 Å². The molecule has 1 rings (SSSR count). The van der Waals surface area contributed by atoms with E-state index in [1.165, 1.54) is 0 Å². The lowest BCUT2D eigenvalue weighted by molar-refractivity contribution is 0.239. The predicted octanol–water partition coefficient (Wildman–Crippen LogP) is 2.78. The van der Waals surface area contributed by atoms with E-state index in [1.54, 1.807) is 12.1 Å². The second kappa shape index (κ2) is 3.98. The van der Waals surface area contributed by atoms with E-state index in [1.807, 2.05) is 19.9 Å². The highest BCUT2D eigenvalue weighted by molar-refractivity contribution is 14.1. The first-order valence-electron chi connectivity index (χ1n) is 3.75. The first kappa shape index (κ1) is 9.64. The van der Waals surface area contributed by atoms with Crippen molar-refractivity contribution in [2.75, 3.05) is 0 Å². The zero-order chi connectivity index (χ0) is 9.14. The Labute approximate surface area is 85.7 Å². The number of phenolic OH excluding ortho intramolecular Hbond substituents is 1. The smallest absolute Gasteiger partial charge is 0.136 e. The van der Waals surface area contributed by atoms with E-state index in [4.69, 9.17) is 9.84 Å². The monoisotopic (exact) mass is 278 g/mol. The molecular formula is C9H11IO2. The summed E-state index contributed by atoms with van der Waals surface area (Å²) in [5.74, 6) is 0.983. The number of hydrogen-bond donors (Lipinski definition) is 1. The Morgan fingerprint density at radius 2 is 2.08 bits per heavy atom.